The van der Waals surface area contributed by atoms with Crippen LogP contribution in [-0.2, 0) is 24.2 Å². The molecule has 10 heteroatoms. The van der Waals surface area contributed by atoms with Gasteiger partial charge in [0.2, 0.25) is 5.91 Å². The molecule has 5 N–H and O–H groups in total. The third-order valence-electron chi connectivity index (χ3n) is 8.41. The number of benzene rings is 2. The van der Waals surface area contributed by atoms with E-state index in [0.717, 1.165) is 70.0 Å². The van der Waals surface area contributed by atoms with Gasteiger partial charge in [0.05, 0.1) is 22.9 Å². The zero-order chi connectivity index (χ0) is 27.4. The molecular weight excluding hydrogens is 506 g/mol. The van der Waals surface area contributed by atoms with E-state index in [1.807, 2.05) is 17.0 Å². The molecule has 0 bridgehead atoms. The number of imidazole rings is 1. The number of hydrogen-bond acceptors (Lipinski definition) is 6. The number of fused-ring (bicyclic) bond motifs is 2. The maximum Gasteiger partial charge on any atom is 0.240 e. The number of aromatic amines is 2. The van der Waals surface area contributed by atoms with Crippen LogP contribution in [0.4, 0.5) is 0 Å². The predicted molar refractivity (Wildman–Crippen MR) is 156 cm³/mol. The van der Waals surface area contributed by atoms with Gasteiger partial charge in [-0.3, -0.25) is 14.8 Å². The first-order valence-electron chi connectivity index (χ1n) is 13.8. The highest BCUT2D eigenvalue weighted by Crippen LogP contribution is 2.34. The molecular formula is C30H39N7O3. The monoisotopic (exact) mass is 545 g/mol. The van der Waals surface area contributed by atoms with E-state index in [2.05, 4.69) is 78.0 Å². The Bertz CT molecular complexity index is 1530. The van der Waals surface area contributed by atoms with Gasteiger partial charge in [-0.05, 0) is 75.3 Å². The Balaban J connectivity index is 0.00000323. The fraction of sp³-hybridized carbons (Fsp3) is 0.433. The van der Waals surface area contributed by atoms with Crippen molar-refractivity contribution >= 4 is 16.8 Å². The lowest BCUT2D eigenvalue weighted by molar-refractivity contribution is -0.145. The van der Waals surface area contributed by atoms with E-state index in [1.165, 1.54) is 0 Å². The second-order valence-electron chi connectivity index (χ2n) is 11.4. The summed E-state index contributed by atoms with van der Waals surface area (Å²) in [6.07, 6.45) is 1.43. The number of likely N-dealkylation sites (tertiary alicyclic amines) is 1. The Morgan fingerprint density at radius 3 is 2.65 bits per heavy atom. The van der Waals surface area contributed by atoms with Gasteiger partial charge in [0.15, 0.2) is 5.82 Å². The van der Waals surface area contributed by atoms with E-state index in [-0.39, 0.29) is 29.2 Å². The number of aryl methyl sites for hydroxylation is 1. The van der Waals surface area contributed by atoms with Crippen LogP contribution >= 0.6 is 0 Å². The molecule has 1 saturated heterocycles. The smallest absolute Gasteiger partial charge is 0.240 e. The highest BCUT2D eigenvalue weighted by Gasteiger charge is 2.41. The van der Waals surface area contributed by atoms with E-state index in [9.17, 15) is 9.90 Å². The van der Waals surface area contributed by atoms with Crippen LogP contribution in [0.5, 0.6) is 5.75 Å². The van der Waals surface area contributed by atoms with Crippen LogP contribution in [0.2, 0.25) is 0 Å². The quantitative estimate of drug-likeness (QED) is 0.341. The number of carbonyl (C=O) groups excluding carboxylic acids is 1. The third kappa shape index (κ3) is 4.76. The largest absolute Gasteiger partial charge is 0.508 e. The molecule has 0 spiro atoms. The highest BCUT2D eigenvalue weighted by atomic mass is 16.3. The molecule has 2 aliphatic rings. The molecule has 4 aromatic rings. The fourth-order valence-electron chi connectivity index (χ4n) is 5.92. The summed E-state index contributed by atoms with van der Waals surface area (Å²) in [6.45, 7) is 8.63. The molecule has 2 aromatic heterocycles. The van der Waals surface area contributed by atoms with E-state index in [4.69, 9.17) is 4.98 Å². The van der Waals surface area contributed by atoms with Crippen LogP contribution in [-0.4, -0.2) is 96.7 Å². The number of rotatable bonds is 6. The molecule has 10 nitrogen and oxygen atoms in total. The average molecular weight is 546 g/mol. The van der Waals surface area contributed by atoms with Gasteiger partial charge < -0.3 is 25.4 Å². The Labute approximate surface area is 234 Å². The van der Waals surface area contributed by atoms with E-state index >= 15 is 0 Å². The lowest BCUT2D eigenvalue weighted by Gasteiger charge is -2.46. The molecule has 6 rings (SSSR count). The van der Waals surface area contributed by atoms with Gasteiger partial charge in [0.1, 0.15) is 11.4 Å². The zero-order valence-corrected chi connectivity index (χ0v) is 23.8. The van der Waals surface area contributed by atoms with Crippen molar-refractivity contribution < 1.29 is 15.4 Å². The minimum atomic E-state index is -0.201. The van der Waals surface area contributed by atoms with Crippen molar-refractivity contribution in [2.45, 2.75) is 58.3 Å². The SMILES string of the molecule is CCc1cc(O)ccc1-c1ccc2c(-c3nc4c([nH]3)CN(C(C)C)[C@H](C(=O)N3CC(N(C)C)C3)C4)n[nH]c2c1.O. The van der Waals surface area contributed by atoms with Crippen LogP contribution in [0.1, 0.15) is 37.7 Å². The molecule has 40 heavy (non-hydrogen) atoms. The van der Waals surface area contributed by atoms with Crippen molar-refractivity contribution in [1.29, 1.82) is 0 Å². The van der Waals surface area contributed by atoms with Crippen LogP contribution in [0.25, 0.3) is 33.5 Å². The second-order valence-corrected chi connectivity index (χ2v) is 11.4. The van der Waals surface area contributed by atoms with Crippen LogP contribution in [0.3, 0.4) is 0 Å². The molecule has 212 valence electrons. The summed E-state index contributed by atoms with van der Waals surface area (Å²) >= 11 is 0. The van der Waals surface area contributed by atoms with Crippen molar-refractivity contribution in [3.05, 3.63) is 53.3 Å². The number of nitrogens with one attached hydrogen (secondary N) is 2. The molecule has 1 fully saturated rings. The number of hydrogen-bond donors (Lipinski definition) is 3. The number of carbonyl (C=O) groups is 1. The third-order valence-corrected chi connectivity index (χ3v) is 8.41. The first kappa shape index (κ1) is 27.8. The van der Waals surface area contributed by atoms with Gasteiger partial charge in [-0.1, -0.05) is 19.1 Å². The van der Waals surface area contributed by atoms with Crippen molar-refractivity contribution in [2.75, 3.05) is 27.2 Å². The molecule has 1 atom stereocenters. The summed E-state index contributed by atoms with van der Waals surface area (Å²) in [4.78, 5) is 28.4. The summed E-state index contributed by atoms with van der Waals surface area (Å²) in [7, 11) is 4.14. The maximum absolute atomic E-state index is 13.5. The van der Waals surface area contributed by atoms with Crippen LogP contribution in [0, 0.1) is 0 Å². The summed E-state index contributed by atoms with van der Waals surface area (Å²) in [5.74, 6) is 1.21. The predicted octanol–water partition coefficient (Wildman–Crippen LogP) is 2.97. The van der Waals surface area contributed by atoms with Crippen LogP contribution < -0.4 is 0 Å². The average Bonchev–Trinajstić information content (AvgIpc) is 3.49. The molecule has 2 aliphatic heterocycles. The van der Waals surface area contributed by atoms with Crippen molar-refractivity contribution in [3.8, 4) is 28.4 Å². The zero-order valence-electron chi connectivity index (χ0n) is 23.8. The minimum absolute atomic E-state index is 0. The number of phenolic OH excluding ortho intramolecular Hbond substituents is 1. The normalized spacial score (nSPS) is 17.8. The van der Waals surface area contributed by atoms with Crippen molar-refractivity contribution in [3.63, 3.8) is 0 Å². The molecule has 0 unspecified atom stereocenters. The first-order valence-corrected chi connectivity index (χ1v) is 13.8. The van der Waals surface area contributed by atoms with Gasteiger partial charge in [0, 0.05) is 43.5 Å². The lowest BCUT2D eigenvalue weighted by Crippen LogP contribution is -2.64. The number of aromatic nitrogens is 4. The number of phenols is 1. The lowest BCUT2D eigenvalue weighted by atomic mass is 9.97. The Morgan fingerprint density at radius 2 is 1.95 bits per heavy atom. The number of amides is 1. The van der Waals surface area contributed by atoms with E-state index in [0.29, 0.717) is 19.0 Å². The second kappa shape index (κ2) is 10.7. The number of H-pyrrole nitrogens is 2. The fourth-order valence-corrected chi connectivity index (χ4v) is 5.92. The summed E-state index contributed by atoms with van der Waals surface area (Å²) in [6, 6.07) is 12.3. The van der Waals surface area contributed by atoms with E-state index < -0.39 is 0 Å². The van der Waals surface area contributed by atoms with Gasteiger partial charge >= 0.3 is 0 Å². The van der Waals surface area contributed by atoms with Crippen molar-refractivity contribution in [2.24, 2.45) is 0 Å². The molecule has 1 amide bonds. The number of likely N-dealkylation sites (N-methyl/N-ethyl adjacent to an activating group) is 1. The number of nitrogens with zero attached hydrogens (tertiary/aromatic N) is 5. The first-order chi connectivity index (χ1) is 18.7. The molecule has 2 aromatic carbocycles. The molecule has 0 saturated carbocycles. The molecule has 0 aliphatic carbocycles. The summed E-state index contributed by atoms with van der Waals surface area (Å²) < 4.78 is 0. The maximum atomic E-state index is 13.5. The molecule has 0 radical (unpaired) electrons. The minimum Gasteiger partial charge on any atom is -0.508 e. The standard InChI is InChI=1S/C30H37N7O2.H2O/c1-6-18-11-21(38)8-10-22(18)19-7-9-23-24(12-19)33-34-28(23)29-31-25-13-27(37(17(2)3)16-26(25)32-29)30(39)36-14-20(15-36)35(4)5;/h7-12,17,20,27,38H,6,13-16H2,1-5H3,(H,31,32)(H,33,34);1H2/t27-;/m0./s1. The Morgan fingerprint density at radius 1 is 1.18 bits per heavy atom. The topological polar surface area (TPSA) is 136 Å². The van der Waals surface area contributed by atoms with Crippen molar-refractivity contribution in [1.82, 2.24) is 34.9 Å². The molecule has 4 heterocycles. The van der Waals surface area contributed by atoms with Gasteiger partial charge in [-0.15, -0.1) is 0 Å². The van der Waals surface area contributed by atoms with E-state index in [1.54, 1.807) is 6.07 Å². The summed E-state index contributed by atoms with van der Waals surface area (Å²) in [5.41, 5.74) is 6.99. The van der Waals surface area contributed by atoms with Gasteiger partial charge in [-0.2, -0.15) is 5.10 Å². The van der Waals surface area contributed by atoms with Crippen LogP contribution in [0.15, 0.2) is 36.4 Å². The Hall–Kier alpha value is -3.73. The Kier molecular flexibility index (Phi) is 7.43. The highest BCUT2D eigenvalue weighted by molar-refractivity contribution is 5.94. The number of aromatic hydroxyl groups is 1. The summed E-state index contributed by atoms with van der Waals surface area (Å²) in [5, 5.41) is 18.7. The van der Waals surface area contributed by atoms with Gasteiger partial charge in [0.25, 0.3) is 0 Å². The van der Waals surface area contributed by atoms with Gasteiger partial charge in [-0.25, -0.2) is 4.98 Å².